The summed E-state index contributed by atoms with van der Waals surface area (Å²) in [6, 6.07) is 12.9. The molecule has 3 rings (SSSR count). The van der Waals surface area contributed by atoms with Gasteiger partial charge in [-0.05, 0) is 30.2 Å². The van der Waals surface area contributed by atoms with Crippen LogP contribution in [0, 0.1) is 0 Å². The first-order valence-electron chi connectivity index (χ1n) is 9.40. The van der Waals surface area contributed by atoms with E-state index in [9.17, 15) is 22.8 Å². The molecule has 1 aliphatic rings. The lowest BCUT2D eigenvalue weighted by molar-refractivity contribution is -0.137. The average molecular weight is 438 g/mol. The molecule has 1 heterocycles. The molecule has 2 aromatic carbocycles. The number of ether oxygens (including phenoxy) is 1. The van der Waals surface area contributed by atoms with E-state index >= 15 is 0 Å². The van der Waals surface area contributed by atoms with E-state index in [-0.39, 0.29) is 18.0 Å². The molecule has 0 saturated carbocycles. The smallest absolute Gasteiger partial charge is 0.377 e. The summed E-state index contributed by atoms with van der Waals surface area (Å²) in [5.74, 6) is -0.769. The Morgan fingerprint density at radius 1 is 1.17 bits per heavy atom. The van der Waals surface area contributed by atoms with Crippen LogP contribution in [0.25, 0.3) is 0 Å². The Bertz CT molecular complexity index is 891. The summed E-state index contributed by atoms with van der Waals surface area (Å²) < 4.78 is 44.0. The molecule has 2 N–H and O–H groups in total. The van der Waals surface area contributed by atoms with Crippen LogP contribution in [-0.2, 0) is 27.1 Å². The van der Waals surface area contributed by atoms with E-state index in [0.29, 0.717) is 31.1 Å². The zero-order valence-corrected chi connectivity index (χ0v) is 16.8. The van der Waals surface area contributed by atoms with Crippen molar-refractivity contribution in [1.82, 2.24) is 5.32 Å². The van der Waals surface area contributed by atoms with Crippen LogP contribution < -0.4 is 10.6 Å². The Balaban J connectivity index is 1.40. The maximum atomic E-state index is 12.8. The van der Waals surface area contributed by atoms with Gasteiger partial charge in [-0.1, -0.05) is 30.3 Å². The van der Waals surface area contributed by atoms with Gasteiger partial charge in [0, 0.05) is 24.5 Å². The molecule has 0 bridgehead atoms. The number of carbonyl (C=O) groups excluding carboxylic acids is 2. The Morgan fingerprint density at radius 3 is 2.67 bits per heavy atom. The zero-order valence-electron chi connectivity index (χ0n) is 16.0. The van der Waals surface area contributed by atoms with Gasteiger partial charge in [-0.2, -0.15) is 13.2 Å². The average Bonchev–Trinajstić information content (AvgIpc) is 2.71. The molecule has 0 aliphatic carbocycles. The van der Waals surface area contributed by atoms with Crippen molar-refractivity contribution in [2.45, 2.75) is 35.8 Å². The molecule has 1 atom stereocenters. The van der Waals surface area contributed by atoms with Crippen molar-refractivity contribution in [2.75, 3.05) is 18.5 Å². The maximum Gasteiger partial charge on any atom is 0.416 e. The highest BCUT2D eigenvalue weighted by atomic mass is 32.2. The summed E-state index contributed by atoms with van der Waals surface area (Å²) in [6.07, 6.45) is -3.90. The van der Waals surface area contributed by atoms with Crippen LogP contribution in [0.2, 0.25) is 0 Å². The molecule has 5 nitrogen and oxygen atoms in total. The number of carbonyl (C=O) groups is 2. The highest BCUT2D eigenvalue weighted by Gasteiger charge is 2.34. The van der Waals surface area contributed by atoms with E-state index < -0.39 is 22.9 Å². The van der Waals surface area contributed by atoms with Gasteiger partial charge in [0.2, 0.25) is 11.8 Å². The van der Waals surface area contributed by atoms with Gasteiger partial charge >= 0.3 is 6.18 Å². The number of hydrogen-bond acceptors (Lipinski definition) is 4. The van der Waals surface area contributed by atoms with Crippen LogP contribution in [-0.4, -0.2) is 30.2 Å². The summed E-state index contributed by atoms with van der Waals surface area (Å²) in [6.45, 7) is 1.41. The number of amides is 2. The summed E-state index contributed by atoms with van der Waals surface area (Å²) in [5, 5.41) is 4.52. The predicted octanol–water partition coefficient (Wildman–Crippen LogP) is 4.23. The molecule has 160 valence electrons. The van der Waals surface area contributed by atoms with E-state index in [1.165, 1.54) is 6.07 Å². The van der Waals surface area contributed by atoms with Crippen molar-refractivity contribution in [3.63, 3.8) is 0 Å². The van der Waals surface area contributed by atoms with E-state index in [1.807, 2.05) is 30.3 Å². The Morgan fingerprint density at radius 2 is 1.93 bits per heavy atom. The second-order valence-electron chi connectivity index (χ2n) is 6.75. The van der Waals surface area contributed by atoms with Crippen LogP contribution in [0.1, 0.15) is 24.0 Å². The fourth-order valence-electron chi connectivity index (χ4n) is 2.87. The Labute approximate surface area is 176 Å². The van der Waals surface area contributed by atoms with Gasteiger partial charge in [0.05, 0.1) is 23.1 Å². The highest BCUT2D eigenvalue weighted by molar-refractivity contribution is 8.01. The number of fused-ring (bicyclic) bond motifs is 1. The molecule has 0 saturated heterocycles. The van der Waals surface area contributed by atoms with Crippen molar-refractivity contribution < 1.29 is 27.5 Å². The molecule has 2 aromatic rings. The van der Waals surface area contributed by atoms with Gasteiger partial charge < -0.3 is 15.4 Å². The minimum atomic E-state index is -4.48. The number of halogens is 3. The van der Waals surface area contributed by atoms with Crippen LogP contribution in [0.5, 0.6) is 0 Å². The van der Waals surface area contributed by atoms with Crippen molar-refractivity contribution in [3.05, 3.63) is 59.7 Å². The molecule has 0 radical (unpaired) electrons. The van der Waals surface area contributed by atoms with Crippen LogP contribution >= 0.6 is 11.8 Å². The quantitative estimate of drug-likeness (QED) is 0.606. The molecule has 0 fully saturated rings. The second-order valence-corrected chi connectivity index (χ2v) is 7.99. The maximum absolute atomic E-state index is 12.8. The standard InChI is InChI=1S/C21H21F3N2O3S/c22-21(23,24)15-7-8-17-16(11-15)26-20(28)18(30-17)12-19(27)25-9-4-10-29-13-14-5-2-1-3-6-14/h1-3,5-8,11,18H,4,9-10,12-13H2,(H,25,27)(H,26,28). The van der Waals surface area contributed by atoms with Crippen molar-refractivity contribution in [3.8, 4) is 0 Å². The summed E-state index contributed by atoms with van der Waals surface area (Å²) >= 11 is 1.09. The van der Waals surface area contributed by atoms with Crippen molar-refractivity contribution in [1.29, 1.82) is 0 Å². The van der Waals surface area contributed by atoms with Crippen molar-refractivity contribution in [2.24, 2.45) is 0 Å². The van der Waals surface area contributed by atoms with Gasteiger partial charge in [0.15, 0.2) is 0 Å². The van der Waals surface area contributed by atoms with Gasteiger partial charge in [-0.3, -0.25) is 9.59 Å². The van der Waals surface area contributed by atoms with Gasteiger partial charge in [0.25, 0.3) is 0 Å². The Kier molecular flexibility index (Phi) is 7.38. The molecule has 9 heteroatoms. The van der Waals surface area contributed by atoms with Crippen LogP contribution in [0.4, 0.5) is 18.9 Å². The monoisotopic (exact) mass is 438 g/mol. The topological polar surface area (TPSA) is 67.4 Å². The van der Waals surface area contributed by atoms with E-state index in [2.05, 4.69) is 10.6 Å². The molecular weight excluding hydrogens is 417 g/mol. The van der Waals surface area contributed by atoms with Crippen LogP contribution in [0.3, 0.4) is 0 Å². The van der Waals surface area contributed by atoms with Gasteiger partial charge in [-0.25, -0.2) is 0 Å². The zero-order chi connectivity index (χ0) is 21.6. The fourth-order valence-corrected chi connectivity index (χ4v) is 3.96. The number of anilines is 1. The normalized spacial score (nSPS) is 16.0. The lowest BCUT2D eigenvalue weighted by Crippen LogP contribution is -2.35. The molecule has 2 amide bonds. The number of rotatable bonds is 8. The third kappa shape index (κ3) is 6.24. The second kappa shape index (κ2) is 9.99. The highest BCUT2D eigenvalue weighted by Crippen LogP contribution is 2.40. The number of alkyl halides is 3. The Hall–Kier alpha value is -2.52. The largest absolute Gasteiger partial charge is 0.416 e. The lowest BCUT2D eigenvalue weighted by Gasteiger charge is -2.24. The summed E-state index contributed by atoms with van der Waals surface area (Å²) in [7, 11) is 0. The van der Waals surface area contributed by atoms with Gasteiger partial charge in [-0.15, -0.1) is 11.8 Å². The van der Waals surface area contributed by atoms with Crippen molar-refractivity contribution >= 4 is 29.3 Å². The number of thioether (sulfide) groups is 1. The third-order valence-electron chi connectivity index (χ3n) is 4.40. The number of benzene rings is 2. The molecule has 1 unspecified atom stereocenters. The first-order valence-corrected chi connectivity index (χ1v) is 10.3. The van der Waals surface area contributed by atoms with Crippen LogP contribution in [0.15, 0.2) is 53.4 Å². The SMILES string of the molecule is O=C(CC1Sc2ccc(C(F)(F)F)cc2NC1=O)NCCCOCc1ccccc1. The van der Waals surface area contributed by atoms with E-state index in [4.69, 9.17) is 4.74 Å². The summed E-state index contributed by atoms with van der Waals surface area (Å²) in [4.78, 5) is 24.8. The lowest BCUT2D eigenvalue weighted by atomic mass is 10.1. The third-order valence-corrected chi connectivity index (χ3v) is 5.67. The van der Waals surface area contributed by atoms with E-state index in [1.54, 1.807) is 0 Å². The van der Waals surface area contributed by atoms with E-state index in [0.717, 1.165) is 29.5 Å². The summed E-state index contributed by atoms with van der Waals surface area (Å²) in [5.41, 5.74) is 0.365. The van der Waals surface area contributed by atoms with Gasteiger partial charge in [0.1, 0.15) is 0 Å². The molecule has 0 aromatic heterocycles. The first-order chi connectivity index (χ1) is 14.3. The molecule has 0 spiro atoms. The fraction of sp³-hybridized carbons (Fsp3) is 0.333. The molecule has 30 heavy (non-hydrogen) atoms. The number of nitrogens with one attached hydrogen (secondary N) is 2. The predicted molar refractivity (Wildman–Crippen MR) is 108 cm³/mol. The minimum absolute atomic E-state index is 0.0537. The molecule has 1 aliphatic heterocycles. The first kappa shape index (κ1) is 22.2. The molecular formula is C21H21F3N2O3S. The number of hydrogen-bond donors (Lipinski definition) is 2. The minimum Gasteiger partial charge on any atom is -0.377 e.